The van der Waals surface area contributed by atoms with E-state index in [0.717, 1.165) is 41.6 Å². The molecule has 3 heterocycles. The number of piperidine rings is 1. The van der Waals surface area contributed by atoms with E-state index in [1.807, 2.05) is 11.8 Å². The minimum absolute atomic E-state index is 0.00909. The number of aryl methyl sites for hydroxylation is 1. The predicted molar refractivity (Wildman–Crippen MR) is 100 cm³/mol. The Kier molecular flexibility index (Phi) is 4.98. The number of hydrogen-bond acceptors (Lipinski definition) is 5. The average Bonchev–Trinajstić information content (AvgIpc) is 3.32. The van der Waals surface area contributed by atoms with Crippen molar-refractivity contribution >= 4 is 17.2 Å². The van der Waals surface area contributed by atoms with E-state index >= 15 is 0 Å². The summed E-state index contributed by atoms with van der Waals surface area (Å²) in [4.78, 5) is 24.2. The van der Waals surface area contributed by atoms with Crippen molar-refractivity contribution in [1.29, 1.82) is 0 Å². The van der Waals surface area contributed by atoms with Crippen LogP contribution in [0.25, 0.3) is 0 Å². The van der Waals surface area contributed by atoms with Gasteiger partial charge in [0.25, 0.3) is 5.91 Å². The van der Waals surface area contributed by atoms with E-state index in [2.05, 4.69) is 20.2 Å². The fraction of sp³-hybridized carbons (Fsp3) is 0.368. The first kappa shape index (κ1) is 17.8. The molecule has 140 valence electrons. The molecule has 0 unspecified atom stereocenters. The highest BCUT2D eigenvalue weighted by Crippen LogP contribution is 2.27. The smallest absolute Gasteiger partial charge is 0.265 e. The lowest BCUT2D eigenvalue weighted by molar-refractivity contribution is 0.0709. The number of likely N-dealkylation sites (tertiary alicyclic amines) is 1. The second kappa shape index (κ2) is 7.56. The monoisotopic (exact) mass is 385 g/mol. The number of thiazole rings is 1. The molecule has 1 atom stereocenters. The number of hydrogen-bond donors (Lipinski definition) is 1. The van der Waals surface area contributed by atoms with Crippen LogP contribution in [0.2, 0.25) is 0 Å². The molecule has 8 heteroatoms. The topological polar surface area (TPSA) is 74.8 Å². The molecule has 1 N–H and O–H groups in total. The van der Waals surface area contributed by atoms with Gasteiger partial charge in [0.1, 0.15) is 16.5 Å². The molecule has 27 heavy (non-hydrogen) atoms. The summed E-state index contributed by atoms with van der Waals surface area (Å²) < 4.78 is 13.0. The minimum atomic E-state index is -0.255. The van der Waals surface area contributed by atoms with Crippen molar-refractivity contribution in [2.45, 2.75) is 32.1 Å². The summed E-state index contributed by atoms with van der Waals surface area (Å²) in [5, 5.41) is 7.98. The highest BCUT2D eigenvalue weighted by atomic mass is 32.1. The van der Waals surface area contributed by atoms with Gasteiger partial charge in [0.15, 0.2) is 5.82 Å². The Morgan fingerprint density at radius 1 is 1.37 bits per heavy atom. The fourth-order valence-electron chi connectivity index (χ4n) is 3.34. The number of nitrogens with zero attached hydrogens (tertiary/aromatic N) is 4. The Labute approximate surface area is 160 Å². The highest BCUT2D eigenvalue weighted by Gasteiger charge is 2.28. The zero-order valence-electron chi connectivity index (χ0n) is 15.0. The molecule has 1 aromatic carbocycles. The first-order chi connectivity index (χ1) is 13.1. The van der Waals surface area contributed by atoms with Gasteiger partial charge in [-0.25, -0.2) is 14.4 Å². The van der Waals surface area contributed by atoms with Crippen LogP contribution in [-0.4, -0.2) is 44.1 Å². The highest BCUT2D eigenvalue weighted by molar-refractivity contribution is 7.13. The number of aromatic amines is 1. The molecule has 2 aromatic heterocycles. The van der Waals surface area contributed by atoms with Crippen molar-refractivity contribution in [3.63, 3.8) is 0 Å². The van der Waals surface area contributed by atoms with Crippen LogP contribution in [0.1, 0.15) is 50.7 Å². The van der Waals surface area contributed by atoms with Crippen LogP contribution in [0.3, 0.4) is 0 Å². The Bertz CT molecular complexity index is 936. The van der Waals surface area contributed by atoms with Crippen LogP contribution >= 0.6 is 11.3 Å². The number of carbonyl (C=O) groups is 1. The van der Waals surface area contributed by atoms with Crippen molar-refractivity contribution in [1.82, 2.24) is 25.1 Å². The maximum absolute atomic E-state index is 13.0. The van der Waals surface area contributed by atoms with Crippen molar-refractivity contribution in [3.05, 3.63) is 63.4 Å². The van der Waals surface area contributed by atoms with Gasteiger partial charge in [-0.05, 0) is 37.5 Å². The summed E-state index contributed by atoms with van der Waals surface area (Å²) in [6.07, 6.45) is 4.16. The summed E-state index contributed by atoms with van der Waals surface area (Å²) in [6.45, 7) is 3.24. The summed E-state index contributed by atoms with van der Waals surface area (Å²) >= 11 is 1.40. The molecule has 0 saturated carbocycles. The lowest BCUT2D eigenvalue weighted by Gasteiger charge is -2.31. The third-order valence-corrected chi connectivity index (χ3v) is 5.71. The van der Waals surface area contributed by atoms with Gasteiger partial charge < -0.3 is 4.90 Å². The van der Waals surface area contributed by atoms with Crippen LogP contribution in [0.15, 0.2) is 30.5 Å². The lowest BCUT2D eigenvalue weighted by atomic mass is 9.97. The van der Waals surface area contributed by atoms with Gasteiger partial charge in [0.05, 0.1) is 11.2 Å². The summed E-state index contributed by atoms with van der Waals surface area (Å²) in [5.41, 5.74) is 0.975. The first-order valence-corrected chi connectivity index (χ1v) is 9.77. The fourth-order valence-corrected chi connectivity index (χ4v) is 4.26. The average molecular weight is 385 g/mol. The maximum Gasteiger partial charge on any atom is 0.265 e. The Morgan fingerprint density at radius 3 is 2.93 bits per heavy atom. The van der Waals surface area contributed by atoms with Crippen LogP contribution in [0, 0.1) is 12.7 Å². The number of amides is 1. The molecule has 4 rings (SSSR count). The molecule has 1 aliphatic heterocycles. The minimum Gasteiger partial charge on any atom is -0.337 e. The van der Waals surface area contributed by atoms with Crippen LogP contribution in [0.4, 0.5) is 4.39 Å². The lowest BCUT2D eigenvalue weighted by Crippen LogP contribution is -2.39. The van der Waals surface area contributed by atoms with E-state index < -0.39 is 0 Å². The van der Waals surface area contributed by atoms with Crippen LogP contribution < -0.4 is 0 Å². The van der Waals surface area contributed by atoms with Crippen molar-refractivity contribution < 1.29 is 9.18 Å². The molecular formula is C19H20FN5OS. The second-order valence-electron chi connectivity index (χ2n) is 6.79. The molecule has 6 nitrogen and oxygen atoms in total. The van der Waals surface area contributed by atoms with Gasteiger partial charge in [0.2, 0.25) is 0 Å². The van der Waals surface area contributed by atoms with E-state index in [9.17, 15) is 9.18 Å². The van der Waals surface area contributed by atoms with Gasteiger partial charge in [-0.15, -0.1) is 11.3 Å². The van der Waals surface area contributed by atoms with E-state index in [1.165, 1.54) is 23.5 Å². The number of carbonyl (C=O) groups excluding carboxylic acids is 1. The predicted octanol–water partition coefficient (Wildman–Crippen LogP) is 3.32. The van der Waals surface area contributed by atoms with Gasteiger partial charge in [-0.1, -0.05) is 12.1 Å². The molecule has 1 aliphatic rings. The summed E-state index contributed by atoms with van der Waals surface area (Å²) in [5.74, 6) is 1.50. The molecule has 1 amide bonds. The number of rotatable bonds is 4. The van der Waals surface area contributed by atoms with Crippen molar-refractivity contribution in [2.24, 2.45) is 0 Å². The quantitative estimate of drug-likeness (QED) is 0.748. The molecule has 3 aromatic rings. The standard InChI is InChI=1S/C19H20FN5OS/c1-12-22-18(24-23-12)14-3-2-8-25(11-14)19(26)16-10-21-17(27-16)9-13-4-6-15(20)7-5-13/h4-7,10,14H,2-3,8-9,11H2,1H3,(H,22,23,24)/t14-/m0/s1. The van der Waals surface area contributed by atoms with E-state index in [-0.39, 0.29) is 17.6 Å². The van der Waals surface area contributed by atoms with E-state index in [1.54, 1.807) is 18.3 Å². The van der Waals surface area contributed by atoms with Crippen molar-refractivity contribution in [2.75, 3.05) is 13.1 Å². The maximum atomic E-state index is 13.0. The third-order valence-electron chi connectivity index (χ3n) is 4.72. The Hall–Kier alpha value is -2.61. The molecule has 1 fully saturated rings. The molecular weight excluding hydrogens is 365 g/mol. The van der Waals surface area contributed by atoms with Crippen LogP contribution in [-0.2, 0) is 6.42 Å². The van der Waals surface area contributed by atoms with Crippen molar-refractivity contribution in [3.8, 4) is 0 Å². The van der Waals surface area contributed by atoms with E-state index in [0.29, 0.717) is 17.8 Å². The largest absolute Gasteiger partial charge is 0.337 e. The number of benzene rings is 1. The normalized spacial score (nSPS) is 17.3. The number of aromatic nitrogens is 4. The number of halogens is 1. The van der Waals surface area contributed by atoms with Crippen LogP contribution in [0.5, 0.6) is 0 Å². The zero-order chi connectivity index (χ0) is 18.8. The van der Waals surface area contributed by atoms with Gasteiger partial charge >= 0.3 is 0 Å². The molecule has 0 bridgehead atoms. The summed E-state index contributed by atoms with van der Waals surface area (Å²) in [7, 11) is 0. The Morgan fingerprint density at radius 2 is 2.19 bits per heavy atom. The first-order valence-electron chi connectivity index (χ1n) is 8.96. The Balaban J connectivity index is 1.43. The number of nitrogens with one attached hydrogen (secondary N) is 1. The third kappa shape index (κ3) is 4.05. The van der Waals surface area contributed by atoms with Gasteiger partial charge in [0, 0.05) is 25.4 Å². The molecule has 1 saturated heterocycles. The summed E-state index contributed by atoms with van der Waals surface area (Å²) in [6, 6.07) is 6.36. The second-order valence-corrected chi connectivity index (χ2v) is 7.91. The molecule has 0 spiro atoms. The van der Waals surface area contributed by atoms with Gasteiger partial charge in [-0.3, -0.25) is 9.89 Å². The van der Waals surface area contributed by atoms with Gasteiger partial charge in [-0.2, -0.15) is 5.10 Å². The van der Waals surface area contributed by atoms with E-state index in [4.69, 9.17) is 0 Å². The molecule has 0 radical (unpaired) electrons. The zero-order valence-corrected chi connectivity index (χ0v) is 15.8. The molecule has 0 aliphatic carbocycles. The number of H-pyrrole nitrogens is 1. The SMILES string of the molecule is Cc1nc([C@H]2CCCN(C(=O)c3cnc(Cc4ccc(F)cc4)s3)C2)n[nH]1.